The number of Topliss-reactive ketones (excluding diaryl/α,β-unsaturated/α-hetero) is 1. The lowest BCUT2D eigenvalue weighted by Crippen LogP contribution is -2.37. The van der Waals surface area contributed by atoms with Gasteiger partial charge < -0.3 is 4.90 Å². The first-order chi connectivity index (χ1) is 22.2. The van der Waals surface area contributed by atoms with Gasteiger partial charge in [-0.2, -0.15) is 21.6 Å². The molecule has 1 heterocycles. The molecule has 0 radical (unpaired) electrons. The summed E-state index contributed by atoms with van der Waals surface area (Å²) in [5.74, 6) is 0.336. The van der Waals surface area contributed by atoms with Crippen molar-refractivity contribution >= 4 is 28.5 Å². The van der Waals surface area contributed by atoms with Gasteiger partial charge in [0.2, 0.25) is 0 Å². The first-order valence-corrected chi connectivity index (χ1v) is 17.5. The Labute approximate surface area is 281 Å². The number of aryl methyl sites for hydroxylation is 3. The van der Waals surface area contributed by atoms with Crippen LogP contribution in [0.1, 0.15) is 52.7 Å². The van der Waals surface area contributed by atoms with Crippen LogP contribution in [0, 0.1) is 19.8 Å². The fraction of sp³-hybridized carbons (Fsp3) is 0.324. The molecule has 1 aliphatic rings. The van der Waals surface area contributed by atoms with Crippen LogP contribution in [0.15, 0.2) is 95.9 Å². The average molecular weight is 684 g/mol. The summed E-state index contributed by atoms with van der Waals surface area (Å²) in [6.45, 7) is 7.31. The number of rotatable bonds is 9. The van der Waals surface area contributed by atoms with Gasteiger partial charge >= 0.3 is 15.6 Å². The second-order valence-corrected chi connectivity index (χ2v) is 13.9. The molecule has 5 rings (SSSR count). The van der Waals surface area contributed by atoms with Crippen LogP contribution in [0.4, 0.5) is 13.2 Å². The Morgan fingerprint density at radius 3 is 1.83 bits per heavy atom. The van der Waals surface area contributed by atoms with E-state index < -0.39 is 15.6 Å². The zero-order valence-electron chi connectivity index (χ0n) is 26.5. The number of alkyl halides is 3. The zero-order chi connectivity index (χ0) is 34.2. The maximum absolute atomic E-state index is 14.1. The number of benzene rings is 4. The molecule has 1 saturated heterocycles. The van der Waals surface area contributed by atoms with Crippen molar-refractivity contribution in [3.63, 3.8) is 0 Å². The molecule has 0 bridgehead atoms. The summed E-state index contributed by atoms with van der Waals surface area (Å²) < 4.78 is 57.5. The molecule has 10 heteroatoms. The summed E-state index contributed by atoms with van der Waals surface area (Å²) in [4.78, 5) is 17.5. The summed E-state index contributed by atoms with van der Waals surface area (Å²) in [5, 5.41) is 0. The van der Waals surface area contributed by atoms with E-state index >= 15 is 0 Å². The molecule has 4 aromatic carbocycles. The van der Waals surface area contributed by atoms with Crippen molar-refractivity contribution in [2.45, 2.75) is 56.4 Å². The van der Waals surface area contributed by atoms with Crippen LogP contribution >= 0.6 is 12.6 Å². The van der Waals surface area contributed by atoms with Crippen molar-refractivity contribution in [1.29, 1.82) is 0 Å². The SMILES string of the molecule is Cc1ccc(-c2c(S)ccc(C(=O)C3CCN(CCCCc4ccccc4)CC3)c2-c2ccc(C)cc2)cc1.O=S(=O)(O)C(F)(F)F. The molecule has 47 heavy (non-hydrogen) atoms. The molecule has 0 aromatic heterocycles. The first-order valence-electron chi connectivity index (χ1n) is 15.6. The number of likely N-dealkylation sites (tertiary alicyclic amines) is 1. The molecule has 0 aliphatic carbocycles. The lowest BCUT2D eigenvalue weighted by molar-refractivity contribution is -0.0510. The van der Waals surface area contributed by atoms with Gasteiger partial charge in [-0.3, -0.25) is 9.35 Å². The number of hydrogen-bond donors (Lipinski definition) is 2. The Hall–Kier alpha value is -3.44. The summed E-state index contributed by atoms with van der Waals surface area (Å²) in [7, 11) is -5.84. The maximum atomic E-state index is 14.1. The molecule has 5 nitrogen and oxygen atoms in total. The minimum absolute atomic E-state index is 0.0615. The minimum Gasteiger partial charge on any atom is -0.303 e. The number of unbranched alkanes of at least 4 members (excludes halogenated alkanes) is 1. The van der Waals surface area contributed by atoms with Crippen molar-refractivity contribution < 1.29 is 30.9 Å². The molecule has 1 aliphatic heterocycles. The van der Waals surface area contributed by atoms with Gasteiger partial charge in [-0.05, 0) is 94.4 Å². The summed E-state index contributed by atoms with van der Waals surface area (Å²) >= 11 is 4.88. The van der Waals surface area contributed by atoms with E-state index in [1.807, 2.05) is 12.1 Å². The van der Waals surface area contributed by atoms with Crippen molar-refractivity contribution in [1.82, 2.24) is 4.90 Å². The predicted molar refractivity (Wildman–Crippen MR) is 185 cm³/mol. The minimum atomic E-state index is -5.84. The van der Waals surface area contributed by atoms with Gasteiger partial charge in [-0.25, -0.2) is 0 Å². The lowest BCUT2D eigenvalue weighted by atomic mass is 9.82. The molecule has 0 saturated carbocycles. The Bertz CT molecular complexity index is 1730. The number of hydrogen-bond acceptors (Lipinski definition) is 5. The Kier molecular flexibility index (Phi) is 12.5. The average Bonchev–Trinajstić information content (AvgIpc) is 3.04. The van der Waals surface area contributed by atoms with E-state index in [9.17, 15) is 18.0 Å². The molecule has 0 unspecified atom stereocenters. The lowest BCUT2D eigenvalue weighted by Gasteiger charge is -2.32. The Morgan fingerprint density at radius 1 is 0.809 bits per heavy atom. The van der Waals surface area contributed by atoms with Gasteiger partial charge in [-0.1, -0.05) is 90.0 Å². The largest absolute Gasteiger partial charge is 0.522 e. The van der Waals surface area contributed by atoms with E-state index in [1.165, 1.54) is 29.5 Å². The summed E-state index contributed by atoms with van der Waals surface area (Å²) in [6, 6.07) is 31.9. The highest BCUT2D eigenvalue weighted by Gasteiger charge is 2.44. The maximum Gasteiger partial charge on any atom is 0.522 e. The predicted octanol–water partition coefficient (Wildman–Crippen LogP) is 9.24. The molecule has 1 N–H and O–H groups in total. The topological polar surface area (TPSA) is 74.7 Å². The third kappa shape index (κ3) is 10.0. The zero-order valence-corrected chi connectivity index (χ0v) is 28.2. The molecule has 4 aromatic rings. The number of ketones is 1. The third-order valence-corrected chi connectivity index (χ3v) is 9.37. The van der Waals surface area contributed by atoms with Crippen LogP contribution in [0.25, 0.3) is 22.3 Å². The Balaban J connectivity index is 0.000000555. The van der Waals surface area contributed by atoms with Crippen LogP contribution < -0.4 is 0 Å². The van der Waals surface area contributed by atoms with E-state index in [0.717, 1.165) is 71.6 Å². The molecule has 0 atom stereocenters. The molecule has 250 valence electrons. The van der Waals surface area contributed by atoms with Crippen LogP contribution in [0.5, 0.6) is 0 Å². The summed E-state index contributed by atoms with van der Waals surface area (Å²) in [5.41, 5.74) is 3.37. The number of thiol groups is 1. The number of carbonyl (C=O) groups excluding carboxylic acids is 1. The van der Waals surface area contributed by atoms with Crippen molar-refractivity contribution in [2.24, 2.45) is 5.92 Å². The first kappa shape index (κ1) is 36.4. The fourth-order valence-electron chi connectivity index (χ4n) is 5.78. The molecule has 1 fully saturated rings. The quantitative estimate of drug-likeness (QED) is 0.0605. The normalized spacial score (nSPS) is 14.4. The number of piperidine rings is 1. The van der Waals surface area contributed by atoms with Crippen molar-refractivity contribution in [3.8, 4) is 22.3 Å². The van der Waals surface area contributed by atoms with E-state index in [4.69, 9.17) is 25.6 Å². The van der Waals surface area contributed by atoms with Crippen molar-refractivity contribution in [3.05, 3.63) is 113 Å². The number of nitrogens with zero attached hydrogens (tertiary/aromatic N) is 1. The molecular formula is C37H40F3NO4S2. The second-order valence-electron chi connectivity index (χ2n) is 12.0. The van der Waals surface area contributed by atoms with Crippen LogP contribution in [0.2, 0.25) is 0 Å². The van der Waals surface area contributed by atoms with Gasteiger partial charge in [0.1, 0.15) is 0 Å². The van der Waals surface area contributed by atoms with E-state index in [-0.39, 0.29) is 11.7 Å². The molecule has 0 spiro atoms. The van der Waals surface area contributed by atoms with Gasteiger partial charge in [0.05, 0.1) is 0 Å². The Morgan fingerprint density at radius 2 is 1.32 bits per heavy atom. The highest BCUT2D eigenvalue weighted by atomic mass is 32.2. The van der Waals surface area contributed by atoms with Crippen molar-refractivity contribution in [2.75, 3.05) is 19.6 Å². The van der Waals surface area contributed by atoms with Crippen LogP contribution in [-0.2, 0) is 16.5 Å². The smallest absolute Gasteiger partial charge is 0.303 e. The number of halogens is 3. The van der Waals surface area contributed by atoms with Gasteiger partial charge in [0, 0.05) is 27.5 Å². The van der Waals surface area contributed by atoms with Crippen LogP contribution in [-0.4, -0.2) is 48.8 Å². The molecular weight excluding hydrogens is 644 g/mol. The van der Waals surface area contributed by atoms with Gasteiger partial charge in [0.25, 0.3) is 0 Å². The highest BCUT2D eigenvalue weighted by molar-refractivity contribution is 7.86. The monoisotopic (exact) mass is 683 g/mol. The second kappa shape index (κ2) is 16.1. The highest BCUT2D eigenvalue weighted by Crippen LogP contribution is 2.41. The van der Waals surface area contributed by atoms with E-state index in [0.29, 0.717) is 0 Å². The third-order valence-electron chi connectivity index (χ3n) is 8.41. The van der Waals surface area contributed by atoms with E-state index in [1.54, 1.807) is 0 Å². The number of carbonyl (C=O) groups is 1. The fourth-order valence-corrected chi connectivity index (χ4v) is 6.09. The molecule has 0 amide bonds. The van der Waals surface area contributed by atoms with Gasteiger partial charge in [0.15, 0.2) is 5.78 Å². The van der Waals surface area contributed by atoms with E-state index in [2.05, 4.69) is 97.6 Å². The summed E-state index contributed by atoms with van der Waals surface area (Å²) in [6.07, 6.45) is 5.40. The van der Waals surface area contributed by atoms with Crippen LogP contribution in [0.3, 0.4) is 0 Å². The standard InChI is InChI=1S/C36H39NOS.CHF3O3S/c1-26-11-15-29(16-12-26)34-32(19-20-33(39)35(34)30-17-13-27(2)14-18-30)36(38)31-21-24-37(25-22-31)23-7-6-10-28-8-4-3-5-9-28;2-1(3,4)8(5,6)7/h3-5,8-9,11-20,31,39H,6-7,10,21-25H2,1-2H3;(H,5,6,7). The van der Waals surface area contributed by atoms with Gasteiger partial charge in [-0.15, -0.1) is 12.6 Å².